The number of hydrogen-bond acceptors (Lipinski definition) is 5. The summed E-state index contributed by atoms with van der Waals surface area (Å²) in [7, 11) is 0. The smallest absolute Gasteiger partial charge is 0.178 e. The summed E-state index contributed by atoms with van der Waals surface area (Å²) in [4.78, 5) is 0.536. The van der Waals surface area contributed by atoms with E-state index in [9.17, 15) is 4.39 Å². The lowest BCUT2D eigenvalue weighted by Gasteiger charge is -2.11. The quantitative estimate of drug-likeness (QED) is 0.916. The van der Waals surface area contributed by atoms with Crippen molar-refractivity contribution in [1.82, 2.24) is 10.2 Å². The van der Waals surface area contributed by atoms with E-state index in [1.54, 1.807) is 11.6 Å². The molecule has 0 saturated heterocycles. The van der Waals surface area contributed by atoms with Gasteiger partial charge in [0, 0.05) is 6.04 Å². The third-order valence-corrected chi connectivity index (χ3v) is 3.93. The molecule has 6 heteroatoms. The molecule has 2 rings (SSSR count). The number of rotatable bonds is 3. The molecule has 0 radical (unpaired) electrons. The topological polar surface area (TPSA) is 51.8 Å². The predicted octanol–water partition coefficient (Wildman–Crippen LogP) is 2.85. The molecule has 0 aliphatic carbocycles. The van der Waals surface area contributed by atoms with E-state index in [2.05, 4.69) is 10.2 Å². The van der Waals surface area contributed by atoms with Crippen LogP contribution in [0.1, 0.15) is 18.5 Å². The number of nitrogens with two attached hydrogens (primary N) is 1. The molecule has 3 nitrogen and oxygen atoms in total. The second-order valence-corrected chi connectivity index (χ2v) is 5.34. The van der Waals surface area contributed by atoms with Crippen LogP contribution in [0.5, 0.6) is 0 Å². The van der Waals surface area contributed by atoms with Crippen LogP contribution in [0, 0.1) is 5.82 Å². The maximum atomic E-state index is 13.7. The Morgan fingerprint density at radius 1 is 1.50 bits per heavy atom. The molecule has 0 aliphatic heterocycles. The summed E-state index contributed by atoms with van der Waals surface area (Å²) in [6.07, 6.45) is 0. The molecule has 0 aliphatic rings. The largest absolute Gasteiger partial charge is 0.324 e. The van der Waals surface area contributed by atoms with Crippen LogP contribution in [0.2, 0.25) is 0 Å². The van der Waals surface area contributed by atoms with Crippen LogP contribution in [0.25, 0.3) is 0 Å². The highest BCUT2D eigenvalue weighted by molar-refractivity contribution is 8.01. The molecular weight excluding hydrogens is 245 g/mol. The van der Waals surface area contributed by atoms with E-state index in [1.165, 1.54) is 29.2 Å². The molecule has 0 bridgehead atoms. The SMILES string of the molecule is CC(N)c1cccc(F)c1Sc1nncs1. The van der Waals surface area contributed by atoms with E-state index < -0.39 is 0 Å². The summed E-state index contributed by atoms with van der Waals surface area (Å²) in [6, 6.07) is 4.72. The Hall–Kier alpha value is -0.980. The molecule has 1 atom stereocenters. The Bertz CT molecular complexity index is 471. The summed E-state index contributed by atoms with van der Waals surface area (Å²) in [5, 5.41) is 7.59. The van der Waals surface area contributed by atoms with Crippen molar-refractivity contribution in [3.63, 3.8) is 0 Å². The van der Waals surface area contributed by atoms with Crippen LogP contribution < -0.4 is 5.73 Å². The van der Waals surface area contributed by atoms with Gasteiger partial charge in [-0.3, -0.25) is 0 Å². The fraction of sp³-hybridized carbons (Fsp3) is 0.200. The number of aromatic nitrogens is 2. The molecule has 0 fully saturated rings. The molecule has 0 amide bonds. The van der Waals surface area contributed by atoms with Crippen molar-refractivity contribution in [2.24, 2.45) is 5.73 Å². The highest BCUT2D eigenvalue weighted by Gasteiger charge is 2.14. The van der Waals surface area contributed by atoms with E-state index in [0.29, 0.717) is 9.24 Å². The minimum absolute atomic E-state index is 0.203. The zero-order chi connectivity index (χ0) is 11.5. The van der Waals surface area contributed by atoms with Gasteiger partial charge in [0.2, 0.25) is 0 Å². The van der Waals surface area contributed by atoms with E-state index in [-0.39, 0.29) is 11.9 Å². The number of halogens is 1. The molecule has 1 aromatic heterocycles. The predicted molar refractivity (Wildman–Crippen MR) is 63.0 cm³/mol. The van der Waals surface area contributed by atoms with E-state index in [0.717, 1.165) is 5.56 Å². The normalized spacial score (nSPS) is 12.7. The van der Waals surface area contributed by atoms with Gasteiger partial charge >= 0.3 is 0 Å². The Kier molecular flexibility index (Phi) is 3.52. The molecule has 0 saturated carbocycles. The average Bonchev–Trinajstić information content (AvgIpc) is 2.73. The van der Waals surface area contributed by atoms with Crippen LogP contribution >= 0.6 is 23.1 Å². The summed E-state index contributed by atoms with van der Waals surface area (Å²) in [5.41, 5.74) is 8.21. The lowest BCUT2D eigenvalue weighted by molar-refractivity contribution is 0.591. The maximum absolute atomic E-state index is 13.7. The van der Waals surface area contributed by atoms with E-state index >= 15 is 0 Å². The summed E-state index contributed by atoms with van der Waals surface area (Å²) in [6.45, 7) is 1.83. The van der Waals surface area contributed by atoms with Crippen molar-refractivity contribution in [2.75, 3.05) is 0 Å². The Labute approximate surface area is 101 Å². The van der Waals surface area contributed by atoms with Crippen molar-refractivity contribution >= 4 is 23.1 Å². The van der Waals surface area contributed by atoms with Gasteiger partial charge in [0.25, 0.3) is 0 Å². The molecule has 2 N–H and O–H groups in total. The van der Waals surface area contributed by atoms with E-state index in [1.807, 2.05) is 13.0 Å². The molecule has 84 valence electrons. The minimum atomic E-state index is -0.269. The molecular formula is C10H10FN3S2. The van der Waals surface area contributed by atoms with Crippen molar-refractivity contribution in [3.05, 3.63) is 35.1 Å². The van der Waals surface area contributed by atoms with Gasteiger partial charge in [-0.25, -0.2) is 4.39 Å². The molecule has 1 unspecified atom stereocenters. The Morgan fingerprint density at radius 3 is 2.94 bits per heavy atom. The Balaban J connectivity index is 2.38. The van der Waals surface area contributed by atoms with Gasteiger partial charge < -0.3 is 5.73 Å². The molecule has 2 aromatic rings. The third-order valence-electron chi connectivity index (χ3n) is 2.02. The zero-order valence-electron chi connectivity index (χ0n) is 8.55. The minimum Gasteiger partial charge on any atom is -0.324 e. The van der Waals surface area contributed by atoms with Crippen LogP contribution in [-0.2, 0) is 0 Å². The highest BCUT2D eigenvalue weighted by atomic mass is 32.2. The number of benzene rings is 1. The van der Waals surface area contributed by atoms with Crippen molar-refractivity contribution in [3.8, 4) is 0 Å². The number of nitrogens with zero attached hydrogens (tertiary/aromatic N) is 2. The lowest BCUT2D eigenvalue weighted by Crippen LogP contribution is -2.07. The van der Waals surface area contributed by atoms with Crippen molar-refractivity contribution in [2.45, 2.75) is 22.2 Å². The molecule has 1 heterocycles. The van der Waals surface area contributed by atoms with Crippen LogP contribution in [0.15, 0.2) is 32.9 Å². The maximum Gasteiger partial charge on any atom is 0.178 e. The molecule has 16 heavy (non-hydrogen) atoms. The summed E-state index contributed by atoms with van der Waals surface area (Å²) < 4.78 is 14.4. The lowest BCUT2D eigenvalue weighted by atomic mass is 10.1. The molecule has 1 aromatic carbocycles. The van der Waals surface area contributed by atoms with Gasteiger partial charge in [-0.15, -0.1) is 10.2 Å². The average molecular weight is 255 g/mol. The first-order valence-corrected chi connectivity index (χ1v) is 6.36. The zero-order valence-corrected chi connectivity index (χ0v) is 10.2. The van der Waals surface area contributed by atoms with Gasteiger partial charge in [-0.1, -0.05) is 35.2 Å². The first kappa shape index (κ1) is 11.5. The van der Waals surface area contributed by atoms with Crippen molar-refractivity contribution in [1.29, 1.82) is 0 Å². The van der Waals surface area contributed by atoms with Crippen LogP contribution in [0.3, 0.4) is 0 Å². The Morgan fingerprint density at radius 2 is 2.31 bits per heavy atom. The fourth-order valence-electron chi connectivity index (χ4n) is 1.29. The first-order chi connectivity index (χ1) is 7.68. The standard InChI is InChI=1S/C10H10FN3S2/c1-6(12)7-3-2-4-8(11)9(7)16-10-14-13-5-15-10/h2-6H,12H2,1H3. The second kappa shape index (κ2) is 4.90. The highest BCUT2D eigenvalue weighted by Crippen LogP contribution is 2.35. The summed E-state index contributed by atoms with van der Waals surface area (Å²) in [5.74, 6) is -0.269. The van der Waals surface area contributed by atoms with Crippen molar-refractivity contribution < 1.29 is 4.39 Å². The van der Waals surface area contributed by atoms with Gasteiger partial charge in [0.05, 0.1) is 4.90 Å². The van der Waals surface area contributed by atoms with Gasteiger partial charge in [0.15, 0.2) is 4.34 Å². The van der Waals surface area contributed by atoms with Gasteiger partial charge in [-0.2, -0.15) is 0 Å². The molecule has 0 spiro atoms. The third kappa shape index (κ3) is 2.40. The number of hydrogen-bond donors (Lipinski definition) is 1. The van der Waals surface area contributed by atoms with Crippen LogP contribution in [-0.4, -0.2) is 10.2 Å². The monoisotopic (exact) mass is 255 g/mol. The first-order valence-electron chi connectivity index (χ1n) is 4.66. The van der Waals surface area contributed by atoms with Gasteiger partial charge in [-0.05, 0) is 18.6 Å². The van der Waals surface area contributed by atoms with Gasteiger partial charge in [0.1, 0.15) is 11.3 Å². The summed E-state index contributed by atoms with van der Waals surface area (Å²) >= 11 is 2.65. The van der Waals surface area contributed by atoms with Crippen LogP contribution in [0.4, 0.5) is 4.39 Å². The fourth-order valence-corrected chi connectivity index (χ4v) is 2.94. The van der Waals surface area contributed by atoms with E-state index in [4.69, 9.17) is 5.73 Å². The second-order valence-electron chi connectivity index (χ2n) is 3.25.